The van der Waals surface area contributed by atoms with E-state index in [1.165, 1.54) is 6.07 Å². The third kappa shape index (κ3) is 3.42. The van der Waals surface area contributed by atoms with Crippen molar-refractivity contribution in [3.8, 4) is 0 Å². The molecular weight excluding hydrogens is 261 g/mol. The first-order chi connectivity index (χ1) is 7.84. The lowest BCUT2D eigenvalue weighted by Crippen LogP contribution is -2.40. The van der Waals surface area contributed by atoms with Crippen LogP contribution in [-0.2, 0) is 0 Å². The Morgan fingerprint density at radius 2 is 1.82 bits per heavy atom. The topological polar surface area (TPSA) is 40.5 Å². The van der Waals surface area contributed by atoms with E-state index in [1.54, 1.807) is 32.9 Å². The van der Waals surface area contributed by atoms with E-state index in [2.05, 4.69) is 0 Å². The first-order valence-corrected chi connectivity index (χ1v) is 6.06. The molecule has 0 fully saturated rings. The molecule has 17 heavy (non-hydrogen) atoms. The number of Topliss-reactive ketones (excluding diaryl/α,β-unsaturated/α-hetero) is 1. The van der Waals surface area contributed by atoms with Gasteiger partial charge >= 0.3 is 0 Å². The minimum absolute atomic E-state index is 0.128. The van der Waals surface area contributed by atoms with Crippen LogP contribution in [0.1, 0.15) is 31.1 Å². The standard InChI is InChI=1S/C12H15Cl2NO2/c1-7(2)15(17)8(3)12(16)9-4-5-10(13)11(14)6-9/h4-8,17H,1-3H3. The number of hydrogen-bond donors (Lipinski definition) is 1. The van der Waals surface area contributed by atoms with Crippen molar-refractivity contribution in [2.45, 2.75) is 32.9 Å². The lowest BCUT2D eigenvalue weighted by Gasteiger charge is -2.25. The highest BCUT2D eigenvalue weighted by atomic mass is 35.5. The molecule has 0 aliphatic rings. The molecule has 1 atom stereocenters. The van der Waals surface area contributed by atoms with E-state index in [0.717, 1.165) is 5.06 Å². The third-order valence-electron chi connectivity index (χ3n) is 2.51. The van der Waals surface area contributed by atoms with Gasteiger partial charge in [0.05, 0.1) is 16.1 Å². The van der Waals surface area contributed by atoms with Crippen LogP contribution in [0.15, 0.2) is 18.2 Å². The van der Waals surface area contributed by atoms with Gasteiger partial charge in [-0.05, 0) is 39.0 Å². The van der Waals surface area contributed by atoms with Crippen LogP contribution in [0.4, 0.5) is 0 Å². The summed E-state index contributed by atoms with van der Waals surface area (Å²) in [6, 6.07) is 3.93. The zero-order chi connectivity index (χ0) is 13.2. The summed E-state index contributed by atoms with van der Waals surface area (Å²) >= 11 is 11.6. The summed E-state index contributed by atoms with van der Waals surface area (Å²) in [6.45, 7) is 5.25. The van der Waals surface area contributed by atoms with Crippen molar-refractivity contribution in [1.29, 1.82) is 0 Å². The molecule has 94 valence electrons. The predicted octanol–water partition coefficient (Wildman–Crippen LogP) is 3.66. The smallest absolute Gasteiger partial charge is 0.182 e. The zero-order valence-corrected chi connectivity index (χ0v) is 11.5. The van der Waals surface area contributed by atoms with Gasteiger partial charge in [-0.25, -0.2) is 0 Å². The number of carbonyl (C=O) groups excluding carboxylic acids is 1. The van der Waals surface area contributed by atoms with Crippen molar-refractivity contribution in [3.05, 3.63) is 33.8 Å². The molecule has 1 rings (SSSR count). The highest BCUT2D eigenvalue weighted by Gasteiger charge is 2.23. The SMILES string of the molecule is CC(C)N(O)C(C)C(=O)c1ccc(Cl)c(Cl)c1. The van der Waals surface area contributed by atoms with Crippen LogP contribution in [0.3, 0.4) is 0 Å². The van der Waals surface area contributed by atoms with Gasteiger partial charge < -0.3 is 5.21 Å². The molecular formula is C12H15Cl2NO2. The first-order valence-electron chi connectivity index (χ1n) is 5.31. The average Bonchev–Trinajstić information content (AvgIpc) is 2.29. The summed E-state index contributed by atoms with van der Waals surface area (Å²) < 4.78 is 0. The molecule has 0 saturated heterocycles. The van der Waals surface area contributed by atoms with Crippen molar-refractivity contribution in [1.82, 2.24) is 5.06 Å². The summed E-state index contributed by atoms with van der Waals surface area (Å²) in [5.41, 5.74) is 0.437. The predicted molar refractivity (Wildman–Crippen MR) is 69.0 cm³/mol. The van der Waals surface area contributed by atoms with E-state index in [4.69, 9.17) is 23.2 Å². The molecule has 0 aromatic heterocycles. The van der Waals surface area contributed by atoms with Gasteiger partial charge in [-0.3, -0.25) is 4.79 Å². The minimum Gasteiger partial charge on any atom is -0.313 e. The van der Waals surface area contributed by atoms with Crippen molar-refractivity contribution in [3.63, 3.8) is 0 Å². The number of hydrogen-bond acceptors (Lipinski definition) is 3. The minimum atomic E-state index is -0.618. The molecule has 0 heterocycles. The summed E-state index contributed by atoms with van der Waals surface area (Å²) in [4.78, 5) is 12.1. The van der Waals surface area contributed by atoms with Gasteiger partial charge in [-0.2, -0.15) is 5.06 Å². The normalized spacial score (nSPS) is 13.2. The van der Waals surface area contributed by atoms with Gasteiger partial charge in [0.1, 0.15) is 0 Å². The maximum atomic E-state index is 12.1. The van der Waals surface area contributed by atoms with E-state index in [1.807, 2.05) is 0 Å². The van der Waals surface area contributed by atoms with E-state index < -0.39 is 6.04 Å². The number of hydroxylamine groups is 2. The van der Waals surface area contributed by atoms with E-state index in [0.29, 0.717) is 15.6 Å². The zero-order valence-electron chi connectivity index (χ0n) is 9.95. The first kappa shape index (κ1) is 14.5. The Bertz CT molecular complexity index is 421. The van der Waals surface area contributed by atoms with Crippen LogP contribution in [0.5, 0.6) is 0 Å². The molecule has 1 unspecified atom stereocenters. The molecule has 0 saturated carbocycles. The molecule has 0 aliphatic carbocycles. The Labute approximate surface area is 111 Å². The average molecular weight is 276 g/mol. The summed E-state index contributed by atoms with van der Waals surface area (Å²) in [7, 11) is 0. The number of halogens is 2. The Morgan fingerprint density at radius 3 is 2.29 bits per heavy atom. The largest absolute Gasteiger partial charge is 0.313 e. The van der Waals surface area contributed by atoms with Crippen molar-refractivity contribution < 1.29 is 10.0 Å². The molecule has 0 aliphatic heterocycles. The van der Waals surface area contributed by atoms with Crippen molar-refractivity contribution in [2.75, 3.05) is 0 Å². The maximum absolute atomic E-state index is 12.1. The van der Waals surface area contributed by atoms with Crippen LogP contribution < -0.4 is 0 Å². The second-order valence-electron chi connectivity index (χ2n) is 4.14. The van der Waals surface area contributed by atoms with Crippen LogP contribution in [-0.4, -0.2) is 28.1 Å². The molecule has 0 bridgehead atoms. The fourth-order valence-corrected chi connectivity index (χ4v) is 1.76. The van der Waals surface area contributed by atoms with Gasteiger partial charge in [-0.1, -0.05) is 23.2 Å². The van der Waals surface area contributed by atoms with Crippen LogP contribution >= 0.6 is 23.2 Å². The second-order valence-corrected chi connectivity index (χ2v) is 4.96. The number of rotatable bonds is 4. The summed E-state index contributed by atoms with van der Waals surface area (Å²) in [6.07, 6.45) is 0. The Balaban J connectivity index is 2.92. The Kier molecular flexibility index (Phi) is 4.95. The Hall–Kier alpha value is -0.610. The van der Waals surface area contributed by atoms with Crippen molar-refractivity contribution in [2.24, 2.45) is 0 Å². The number of carbonyl (C=O) groups is 1. The molecule has 0 spiro atoms. The number of benzene rings is 1. The van der Waals surface area contributed by atoms with Gasteiger partial charge in [0.25, 0.3) is 0 Å². The third-order valence-corrected chi connectivity index (χ3v) is 3.25. The van der Waals surface area contributed by atoms with E-state index >= 15 is 0 Å². The van der Waals surface area contributed by atoms with Crippen LogP contribution in [0.25, 0.3) is 0 Å². The molecule has 1 aromatic rings. The maximum Gasteiger partial charge on any atom is 0.182 e. The van der Waals surface area contributed by atoms with Gasteiger partial charge in [-0.15, -0.1) is 0 Å². The molecule has 3 nitrogen and oxygen atoms in total. The molecule has 1 N–H and O–H groups in total. The van der Waals surface area contributed by atoms with Gasteiger partial charge in [0.2, 0.25) is 0 Å². The highest BCUT2D eigenvalue weighted by molar-refractivity contribution is 6.42. The van der Waals surface area contributed by atoms with E-state index in [-0.39, 0.29) is 11.8 Å². The summed E-state index contributed by atoms with van der Waals surface area (Å²) in [5.74, 6) is -0.195. The fraction of sp³-hybridized carbons (Fsp3) is 0.417. The molecule has 0 radical (unpaired) electrons. The number of nitrogens with zero attached hydrogens (tertiary/aromatic N) is 1. The lowest BCUT2D eigenvalue weighted by molar-refractivity contribution is -0.134. The highest BCUT2D eigenvalue weighted by Crippen LogP contribution is 2.23. The fourth-order valence-electron chi connectivity index (χ4n) is 1.46. The molecule has 5 heteroatoms. The van der Waals surface area contributed by atoms with Gasteiger partial charge in [0.15, 0.2) is 5.78 Å². The quantitative estimate of drug-likeness (QED) is 0.674. The molecule has 1 aromatic carbocycles. The monoisotopic (exact) mass is 275 g/mol. The molecule has 0 amide bonds. The van der Waals surface area contributed by atoms with Gasteiger partial charge in [0, 0.05) is 11.6 Å². The lowest BCUT2D eigenvalue weighted by atomic mass is 10.0. The van der Waals surface area contributed by atoms with Crippen LogP contribution in [0.2, 0.25) is 10.0 Å². The number of ketones is 1. The van der Waals surface area contributed by atoms with Crippen molar-refractivity contribution >= 4 is 29.0 Å². The second kappa shape index (κ2) is 5.83. The Morgan fingerprint density at radius 1 is 1.24 bits per heavy atom. The van der Waals surface area contributed by atoms with E-state index in [9.17, 15) is 10.0 Å². The summed E-state index contributed by atoms with van der Waals surface area (Å²) in [5, 5.41) is 11.5. The van der Waals surface area contributed by atoms with Crippen LogP contribution in [0, 0.1) is 0 Å².